The average molecular weight is 352 g/mol. The molecule has 0 radical (unpaired) electrons. The molecule has 0 aliphatic heterocycles. The third kappa shape index (κ3) is 4.14. The molecule has 2 rings (SSSR count). The molecule has 24 heavy (non-hydrogen) atoms. The second kappa shape index (κ2) is 7.05. The van der Waals surface area contributed by atoms with Crippen molar-refractivity contribution < 1.29 is 33.9 Å². The van der Waals surface area contributed by atoms with Gasteiger partial charge >= 0.3 is 7.82 Å². The minimum Gasteiger partial charge on any atom is -0.508 e. The first-order valence-corrected chi connectivity index (χ1v) is 8.66. The first kappa shape index (κ1) is 18.0. The Morgan fingerprint density at radius 1 is 1.12 bits per heavy atom. The van der Waals surface area contributed by atoms with E-state index in [4.69, 9.17) is 9.79 Å². The van der Waals surface area contributed by atoms with E-state index in [9.17, 15) is 19.6 Å². The number of phenolic OH excluding ortho intramolecular Hbond substituents is 2. The first-order valence-electron chi connectivity index (χ1n) is 7.13. The van der Waals surface area contributed by atoms with Crippen LogP contribution < -0.4 is 4.52 Å². The number of phosphoric acid groups is 1. The summed E-state index contributed by atoms with van der Waals surface area (Å²) >= 11 is 0. The summed E-state index contributed by atoms with van der Waals surface area (Å²) in [5.74, 6) is -1.97. The summed E-state index contributed by atoms with van der Waals surface area (Å²) in [7, 11) is -4.89. The van der Waals surface area contributed by atoms with Gasteiger partial charge in [-0.3, -0.25) is 14.6 Å². The van der Waals surface area contributed by atoms with Crippen molar-refractivity contribution in [3.63, 3.8) is 0 Å². The molecular weight excluding hydrogens is 335 g/mol. The standard InChI is InChI=1S/C16H17O7P/c1-2-12(10-6-8-11(17)9-7-10)16(19)15-13(18)4-3-5-14(15)23-24(20,21)22/h3-9,12,17-18H,2H2,1H3,(H2,20,21,22). The van der Waals surface area contributed by atoms with Gasteiger partial charge in [0.15, 0.2) is 5.78 Å². The van der Waals surface area contributed by atoms with Crippen LogP contribution in [0.15, 0.2) is 42.5 Å². The second-order valence-corrected chi connectivity index (χ2v) is 6.31. The van der Waals surface area contributed by atoms with E-state index < -0.39 is 25.3 Å². The van der Waals surface area contributed by atoms with Gasteiger partial charge in [0.1, 0.15) is 22.8 Å². The lowest BCUT2D eigenvalue weighted by atomic mass is 9.88. The SMILES string of the molecule is CCC(C(=O)c1c(O)cccc1OP(=O)(O)O)c1ccc(O)cc1. The van der Waals surface area contributed by atoms with Crippen LogP contribution >= 0.6 is 7.82 Å². The lowest BCUT2D eigenvalue weighted by Gasteiger charge is -2.18. The van der Waals surface area contributed by atoms with Crippen LogP contribution in [0.1, 0.15) is 35.2 Å². The number of hydrogen-bond donors (Lipinski definition) is 4. The quantitative estimate of drug-likeness (QED) is 0.465. The highest BCUT2D eigenvalue weighted by molar-refractivity contribution is 7.46. The molecule has 0 aromatic heterocycles. The molecule has 0 heterocycles. The summed E-state index contributed by atoms with van der Waals surface area (Å²) < 4.78 is 15.6. The van der Waals surface area contributed by atoms with Crippen molar-refractivity contribution in [2.24, 2.45) is 0 Å². The molecule has 0 fully saturated rings. The molecule has 0 saturated heterocycles. The number of Topliss-reactive ketones (excluding diaryl/α,β-unsaturated/α-hetero) is 1. The van der Waals surface area contributed by atoms with Crippen LogP contribution in [0, 0.1) is 0 Å². The van der Waals surface area contributed by atoms with Crippen molar-refractivity contribution >= 4 is 13.6 Å². The molecule has 0 amide bonds. The molecule has 0 saturated carbocycles. The van der Waals surface area contributed by atoms with Gasteiger partial charge in [-0.1, -0.05) is 25.1 Å². The zero-order chi connectivity index (χ0) is 17.9. The fourth-order valence-electron chi connectivity index (χ4n) is 2.42. The summed E-state index contributed by atoms with van der Waals surface area (Å²) in [6.07, 6.45) is 0.382. The number of phenols is 2. The maximum Gasteiger partial charge on any atom is 0.524 e. The van der Waals surface area contributed by atoms with Gasteiger partial charge in [-0.2, -0.15) is 0 Å². The van der Waals surface area contributed by atoms with Crippen molar-refractivity contribution in [3.05, 3.63) is 53.6 Å². The van der Waals surface area contributed by atoms with Gasteiger partial charge < -0.3 is 14.7 Å². The largest absolute Gasteiger partial charge is 0.524 e. The molecule has 1 unspecified atom stereocenters. The predicted octanol–water partition coefficient (Wildman–Crippen LogP) is 2.95. The van der Waals surface area contributed by atoms with Crippen LogP contribution in [0.3, 0.4) is 0 Å². The van der Waals surface area contributed by atoms with Crippen molar-refractivity contribution in [2.45, 2.75) is 19.3 Å². The molecule has 2 aromatic carbocycles. The Balaban J connectivity index is 2.47. The van der Waals surface area contributed by atoms with Crippen molar-refractivity contribution in [1.29, 1.82) is 0 Å². The fourth-order valence-corrected chi connectivity index (χ4v) is 2.83. The number of rotatable bonds is 6. The molecule has 7 nitrogen and oxygen atoms in total. The summed E-state index contributed by atoms with van der Waals surface area (Å²) in [5, 5.41) is 19.4. The van der Waals surface area contributed by atoms with E-state index in [1.54, 1.807) is 19.1 Å². The highest BCUT2D eigenvalue weighted by Crippen LogP contribution is 2.43. The third-order valence-corrected chi connectivity index (χ3v) is 3.92. The number of phosphoric ester groups is 1. The number of benzene rings is 2. The first-order chi connectivity index (χ1) is 11.2. The molecular formula is C16H17O7P. The minimum absolute atomic E-state index is 0.0501. The maximum atomic E-state index is 12.8. The van der Waals surface area contributed by atoms with Crippen molar-refractivity contribution in [1.82, 2.24) is 0 Å². The molecule has 2 aromatic rings. The van der Waals surface area contributed by atoms with Gasteiger partial charge in [0.05, 0.1) is 0 Å². The summed E-state index contributed by atoms with van der Waals surface area (Å²) in [6, 6.07) is 9.78. The Morgan fingerprint density at radius 2 is 1.75 bits per heavy atom. The summed E-state index contributed by atoms with van der Waals surface area (Å²) in [6.45, 7) is 1.76. The van der Waals surface area contributed by atoms with Crippen LogP contribution in [0.5, 0.6) is 17.2 Å². The Labute approximate surface area is 138 Å². The number of aromatic hydroxyl groups is 2. The normalized spacial score (nSPS) is 12.6. The molecule has 0 bridgehead atoms. The molecule has 0 spiro atoms. The van der Waals surface area contributed by atoms with E-state index in [1.165, 1.54) is 30.3 Å². The fraction of sp³-hybridized carbons (Fsp3) is 0.188. The maximum absolute atomic E-state index is 12.8. The number of hydrogen-bond acceptors (Lipinski definition) is 5. The zero-order valence-corrected chi connectivity index (χ0v) is 13.7. The predicted molar refractivity (Wildman–Crippen MR) is 86.2 cm³/mol. The van der Waals surface area contributed by atoms with Crippen LogP contribution in [0.25, 0.3) is 0 Å². The van der Waals surface area contributed by atoms with Crippen LogP contribution in [-0.4, -0.2) is 25.8 Å². The van der Waals surface area contributed by atoms with Gasteiger partial charge in [0, 0.05) is 5.92 Å². The van der Waals surface area contributed by atoms with Gasteiger partial charge in [-0.05, 0) is 36.2 Å². The molecule has 128 valence electrons. The lowest BCUT2D eigenvalue weighted by molar-refractivity contribution is 0.0952. The van der Waals surface area contributed by atoms with E-state index >= 15 is 0 Å². The molecule has 1 atom stereocenters. The highest BCUT2D eigenvalue weighted by atomic mass is 31.2. The van der Waals surface area contributed by atoms with Gasteiger partial charge in [0.2, 0.25) is 0 Å². The molecule has 4 N–H and O–H groups in total. The number of ketones is 1. The van der Waals surface area contributed by atoms with E-state index in [-0.39, 0.29) is 17.1 Å². The Hall–Kier alpha value is -2.34. The molecule has 0 aliphatic carbocycles. The Kier molecular flexibility index (Phi) is 5.29. The van der Waals surface area contributed by atoms with Crippen molar-refractivity contribution in [3.8, 4) is 17.2 Å². The number of carbonyl (C=O) groups excluding carboxylic acids is 1. The van der Waals surface area contributed by atoms with Crippen LogP contribution in [-0.2, 0) is 4.57 Å². The minimum atomic E-state index is -4.89. The van der Waals surface area contributed by atoms with E-state index in [0.717, 1.165) is 0 Å². The average Bonchev–Trinajstić information content (AvgIpc) is 2.48. The Morgan fingerprint density at radius 3 is 2.29 bits per heavy atom. The topological polar surface area (TPSA) is 124 Å². The lowest BCUT2D eigenvalue weighted by Crippen LogP contribution is -2.14. The summed E-state index contributed by atoms with van der Waals surface area (Å²) in [5.41, 5.74) is 0.312. The van der Waals surface area contributed by atoms with Crippen LogP contribution in [0.2, 0.25) is 0 Å². The van der Waals surface area contributed by atoms with Crippen molar-refractivity contribution in [2.75, 3.05) is 0 Å². The smallest absolute Gasteiger partial charge is 0.508 e. The Bertz CT molecular complexity index is 780. The van der Waals surface area contributed by atoms with Crippen LogP contribution in [0.4, 0.5) is 0 Å². The second-order valence-electron chi connectivity index (χ2n) is 5.15. The monoisotopic (exact) mass is 352 g/mol. The zero-order valence-electron chi connectivity index (χ0n) is 12.8. The van der Waals surface area contributed by atoms with Gasteiger partial charge in [0.25, 0.3) is 0 Å². The number of carbonyl (C=O) groups is 1. The van der Waals surface area contributed by atoms with E-state index in [1.807, 2.05) is 0 Å². The third-order valence-electron chi connectivity index (χ3n) is 3.49. The molecule has 0 aliphatic rings. The molecule has 8 heteroatoms. The summed E-state index contributed by atoms with van der Waals surface area (Å²) in [4.78, 5) is 30.8. The van der Waals surface area contributed by atoms with E-state index in [2.05, 4.69) is 4.52 Å². The van der Waals surface area contributed by atoms with E-state index in [0.29, 0.717) is 12.0 Å². The highest BCUT2D eigenvalue weighted by Gasteiger charge is 2.29. The van der Waals surface area contributed by atoms with Gasteiger partial charge in [-0.25, -0.2) is 4.57 Å². The van der Waals surface area contributed by atoms with Gasteiger partial charge in [-0.15, -0.1) is 0 Å².